The maximum atomic E-state index is 11.0. The standard InChI is InChI=1S/C16H20N4O2/c1-3-12-10-16(19-8-6-18(2)7-9-19)17-15-5-4-13(20(21)22)11-14(12)15/h4-5,10-11H,3,6-9H2,1-2H3. The molecular formula is C16H20N4O2. The molecule has 0 N–H and O–H groups in total. The van der Waals surface area contributed by atoms with Gasteiger partial charge in [0.2, 0.25) is 0 Å². The second-order valence-corrected chi connectivity index (χ2v) is 5.74. The highest BCUT2D eigenvalue weighted by Gasteiger charge is 2.17. The zero-order chi connectivity index (χ0) is 15.7. The SMILES string of the molecule is CCc1cc(N2CCN(C)CC2)nc2ccc([N+](=O)[O-])cc12. The minimum absolute atomic E-state index is 0.122. The number of rotatable bonds is 3. The molecule has 2 heterocycles. The van der Waals surface area contributed by atoms with E-state index < -0.39 is 0 Å². The number of pyridine rings is 1. The summed E-state index contributed by atoms with van der Waals surface area (Å²) in [5, 5.41) is 11.8. The third-order valence-electron chi connectivity index (χ3n) is 4.28. The fourth-order valence-electron chi connectivity index (χ4n) is 2.87. The average molecular weight is 300 g/mol. The van der Waals surface area contributed by atoms with Crippen molar-refractivity contribution >= 4 is 22.4 Å². The molecule has 1 aromatic carbocycles. The molecular weight excluding hydrogens is 280 g/mol. The monoisotopic (exact) mass is 300 g/mol. The van der Waals surface area contributed by atoms with Crippen molar-refractivity contribution in [2.75, 3.05) is 38.1 Å². The lowest BCUT2D eigenvalue weighted by Crippen LogP contribution is -2.44. The number of anilines is 1. The molecule has 1 aliphatic rings. The van der Waals surface area contributed by atoms with E-state index in [1.54, 1.807) is 12.1 Å². The van der Waals surface area contributed by atoms with Crippen LogP contribution in [0.1, 0.15) is 12.5 Å². The number of fused-ring (bicyclic) bond motifs is 1. The number of likely N-dealkylation sites (N-methyl/N-ethyl adjacent to an activating group) is 1. The van der Waals surface area contributed by atoms with E-state index in [9.17, 15) is 10.1 Å². The van der Waals surface area contributed by atoms with Gasteiger partial charge in [0.05, 0.1) is 10.4 Å². The Bertz CT molecular complexity index is 709. The molecule has 0 saturated carbocycles. The van der Waals surface area contributed by atoms with Gasteiger partial charge in [0.1, 0.15) is 5.82 Å². The normalized spacial score (nSPS) is 16.2. The highest BCUT2D eigenvalue weighted by molar-refractivity contribution is 5.86. The molecule has 1 aromatic heterocycles. The Balaban J connectivity index is 2.03. The van der Waals surface area contributed by atoms with Gasteiger partial charge in [-0.15, -0.1) is 0 Å². The van der Waals surface area contributed by atoms with E-state index in [0.29, 0.717) is 0 Å². The summed E-state index contributed by atoms with van der Waals surface area (Å²) >= 11 is 0. The average Bonchev–Trinajstić information content (AvgIpc) is 2.53. The van der Waals surface area contributed by atoms with Gasteiger partial charge < -0.3 is 9.80 Å². The Hall–Kier alpha value is -2.21. The van der Waals surface area contributed by atoms with Crippen molar-refractivity contribution < 1.29 is 4.92 Å². The van der Waals surface area contributed by atoms with Crippen molar-refractivity contribution in [2.24, 2.45) is 0 Å². The van der Waals surface area contributed by atoms with Gasteiger partial charge in [-0.05, 0) is 31.2 Å². The summed E-state index contributed by atoms with van der Waals surface area (Å²) in [6.07, 6.45) is 0.834. The molecule has 3 rings (SSSR count). The van der Waals surface area contributed by atoms with Crippen molar-refractivity contribution in [1.29, 1.82) is 0 Å². The number of hydrogen-bond donors (Lipinski definition) is 0. The maximum absolute atomic E-state index is 11.0. The van der Waals surface area contributed by atoms with Crippen molar-refractivity contribution in [2.45, 2.75) is 13.3 Å². The van der Waals surface area contributed by atoms with E-state index in [1.807, 2.05) is 0 Å². The molecule has 116 valence electrons. The third-order valence-corrected chi connectivity index (χ3v) is 4.28. The second-order valence-electron chi connectivity index (χ2n) is 5.74. The fourth-order valence-corrected chi connectivity index (χ4v) is 2.87. The topological polar surface area (TPSA) is 62.5 Å². The summed E-state index contributed by atoms with van der Waals surface area (Å²) in [4.78, 5) is 19.9. The van der Waals surface area contributed by atoms with Crippen LogP contribution in [0.4, 0.5) is 11.5 Å². The van der Waals surface area contributed by atoms with Crippen molar-refractivity contribution in [3.8, 4) is 0 Å². The quantitative estimate of drug-likeness (QED) is 0.643. The van der Waals surface area contributed by atoms with Crippen LogP contribution in [0.3, 0.4) is 0 Å². The first kappa shape index (κ1) is 14.7. The van der Waals surface area contributed by atoms with Gasteiger partial charge in [0.15, 0.2) is 0 Å². The van der Waals surface area contributed by atoms with Crippen LogP contribution in [0.2, 0.25) is 0 Å². The fraction of sp³-hybridized carbons (Fsp3) is 0.438. The van der Waals surface area contributed by atoms with Gasteiger partial charge in [0.25, 0.3) is 5.69 Å². The Morgan fingerprint density at radius 3 is 2.59 bits per heavy atom. The summed E-state index contributed by atoms with van der Waals surface area (Å²) in [5.74, 6) is 0.978. The van der Waals surface area contributed by atoms with Gasteiger partial charge in [0, 0.05) is 43.7 Å². The first-order chi connectivity index (χ1) is 10.6. The van der Waals surface area contributed by atoms with Gasteiger partial charge >= 0.3 is 0 Å². The number of nitro benzene ring substituents is 1. The summed E-state index contributed by atoms with van der Waals surface area (Å²) in [6, 6.07) is 7.00. The summed E-state index contributed by atoms with van der Waals surface area (Å²) < 4.78 is 0. The number of benzene rings is 1. The molecule has 0 atom stereocenters. The largest absolute Gasteiger partial charge is 0.354 e. The molecule has 0 bridgehead atoms. The van der Waals surface area contributed by atoms with Crippen LogP contribution >= 0.6 is 0 Å². The summed E-state index contributed by atoms with van der Waals surface area (Å²) in [7, 11) is 2.13. The molecule has 1 fully saturated rings. The molecule has 2 aromatic rings. The van der Waals surface area contributed by atoms with Crippen LogP contribution in [-0.4, -0.2) is 48.0 Å². The predicted molar refractivity (Wildman–Crippen MR) is 87.5 cm³/mol. The minimum atomic E-state index is -0.354. The Morgan fingerprint density at radius 2 is 1.95 bits per heavy atom. The molecule has 6 nitrogen and oxygen atoms in total. The van der Waals surface area contributed by atoms with Gasteiger partial charge in [-0.2, -0.15) is 0 Å². The maximum Gasteiger partial charge on any atom is 0.270 e. The van der Waals surface area contributed by atoms with Crippen LogP contribution in [0.5, 0.6) is 0 Å². The molecule has 0 unspecified atom stereocenters. The first-order valence-corrected chi connectivity index (χ1v) is 7.60. The number of hydrogen-bond acceptors (Lipinski definition) is 5. The lowest BCUT2D eigenvalue weighted by Gasteiger charge is -2.33. The molecule has 1 saturated heterocycles. The lowest BCUT2D eigenvalue weighted by atomic mass is 10.1. The van der Waals surface area contributed by atoms with Crippen molar-refractivity contribution in [3.63, 3.8) is 0 Å². The number of aromatic nitrogens is 1. The number of piperazine rings is 1. The first-order valence-electron chi connectivity index (χ1n) is 7.60. The number of aryl methyl sites for hydroxylation is 1. The number of nitrogens with zero attached hydrogens (tertiary/aromatic N) is 4. The highest BCUT2D eigenvalue weighted by atomic mass is 16.6. The molecule has 0 amide bonds. The summed E-state index contributed by atoms with van der Waals surface area (Å²) in [6.45, 7) is 6.06. The van der Waals surface area contributed by atoms with E-state index in [1.165, 1.54) is 6.07 Å². The molecule has 22 heavy (non-hydrogen) atoms. The van der Waals surface area contributed by atoms with Crippen molar-refractivity contribution in [3.05, 3.63) is 39.9 Å². The lowest BCUT2D eigenvalue weighted by molar-refractivity contribution is -0.384. The van der Waals surface area contributed by atoms with E-state index in [-0.39, 0.29) is 10.6 Å². The zero-order valence-corrected chi connectivity index (χ0v) is 13.0. The minimum Gasteiger partial charge on any atom is -0.354 e. The van der Waals surface area contributed by atoms with Crippen LogP contribution in [0, 0.1) is 10.1 Å². The Morgan fingerprint density at radius 1 is 1.23 bits per heavy atom. The number of nitro groups is 1. The third kappa shape index (κ3) is 2.74. The van der Waals surface area contributed by atoms with Crippen molar-refractivity contribution in [1.82, 2.24) is 9.88 Å². The molecule has 0 radical (unpaired) electrons. The van der Waals surface area contributed by atoms with E-state index in [0.717, 1.165) is 54.9 Å². The van der Waals surface area contributed by atoms with Gasteiger partial charge in [-0.25, -0.2) is 4.98 Å². The molecule has 0 aliphatic carbocycles. The van der Waals surface area contributed by atoms with Crippen LogP contribution in [-0.2, 0) is 6.42 Å². The van der Waals surface area contributed by atoms with E-state index in [4.69, 9.17) is 4.98 Å². The summed E-state index contributed by atoms with van der Waals surface area (Å²) in [5.41, 5.74) is 2.07. The second kappa shape index (κ2) is 5.88. The number of non-ortho nitro benzene ring substituents is 1. The van der Waals surface area contributed by atoms with Crippen LogP contribution in [0.15, 0.2) is 24.3 Å². The molecule has 6 heteroatoms. The van der Waals surface area contributed by atoms with Crippen LogP contribution in [0.25, 0.3) is 10.9 Å². The highest BCUT2D eigenvalue weighted by Crippen LogP contribution is 2.27. The predicted octanol–water partition coefficient (Wildman–Crippen LogP) is 2.46. The Kier molecular flexibility index (Phi) is 3.94. The van der Waals surface area contributed by atoms with Crippen LogP contribution < -0.4 is 4.90 Å². The van der Waals surface area contributed by atoms with E-state index in [2.05, 4.69) is 29.8 Å². The zero-order valence-electron chi connectivity index (χ0n) is 13.0. The molecule has 0 spiro atoms. The van der Waals surface area contributed by atoms with E-state index >= 15 is 0 Å². The Labute approximate surface area is 129 Å². The van der Waals surface area contributed by atoms with Gasteiger partial charge in [-0.3, -0.25) is 10.1 Å². The molecule has 1 aliphatic heterocycles. The smallest absolute Gasteiger partial charge is 0.270 e. The van der Waals surface area contributed by atoms with Gasteiger partial charge in [-0.1, -0.05) is 6.92 Å².